The van der Waals surface area contributed by atoms with Crippen LogP contribution < -0.4 is 0 Å². The van der Waals surface area contributed by atoms with Crippen molar-refractivity contribution in [2.75, 3.05) is 0 Å². The fraction of sp³-hybridized carbons (Fsp3) is 0.462. The van der Waals surface area contributed by atoms with E-state index in [9.17, 15) is 9.90 Å². The van der Waals surface area contributed by atoms with Crippen LogP contribution in [0.5, 0.6) is 0 Å². The van der Waals surface area contributed by atoms with E-state index in [1.807, 2.05) is 26.0 Å². The van der Waals surface area contributed by atoms with Crippen LogP contribution in [0.3, 0.4) is 0 Å². The molecule has 0 radical (unpaired) electrons. The summed E-state index contributed by atoms with van der Waals surface area (Å²) < 4.78 is 0.903. The van der Waals surface area contributed by atoms with Gasteiger partial charge in [-0.1, -0.05) is 47.4 Å². The van der Waals surface area contributed by atoms with Gasteiger partial charge in [0.25, 0.3) is 0 Å². The van der Waals surface area contributed by atoms with Crippen LogP contribution in [0.2, 0.25) is 5.02 Å². The largest absolute Gasteiger partial charge is 0.481 e. The number of aliphatic carboxylic acids is 1. The molecule has 1 aromatic carbocycles. The van der Waals surface area contributed by atoms with Crippen LogP contribution in [-0.2, 0) is 11.2 Å². The maximum absolute atomic E-state index is 11.4. The first-order valence-corrected chi connectivity index (χ1v) is 6.79. The van der Waals surface area contributed by atoms with Gasteiger partial charge >= 0.3 is 5.97 Å². The normalized spacial score (nSPS) is 11.5. The Bertz CT molecular complexity index is 414. The Morgan fingerprint density at radius 2 is 2.00 bits per heavy atom. The first kappa shape index (κ1) is 14.5. The molecule has 1 N–H and O–H groups in total. The first-order chi connectivity index (χ1) is 7.95. The smallest absolute Gasteiger partial charge is 0.309 e. The van der Waals surface area contributed by atoms with Gasteiger partial charge in [-0.15, -0.1) is 0 Å². The van der Waals surface area contributed by atoms with Crippen molar-refractivity contribution in [3.63, 3.8) is 0 Å². The Morgan fingerprint density at radius 1 is 1.41 bits per heavy atom. The fourth-order valence-electron chi connectivity index (χ4n) is 1.91. The van der Waals surface area contributed by atoms with Gasteiger partial charge in [-0.2, -0.15) is 0 Å². The number of carboxylic acid groups (broad SMARTS) is 1. The summed E-state index contributed by atoms with van der Waals surface area (Å²) in [5.41, 5.74) is 0.179. The molecule has 0 saturated heterocycles. The van der Waals surface area contributed by atoms with Crippen LogP contribution in [0.1, 0.15) is 32.3 Å². The van der Waals surface area contributed by atoms with Gasteiger partial charge < -0.3 is 5.11 Å². The molecule has 0 aliphatic rings. The number of hydrogen-bond acceptors (Lipinski definition) is 1. The van der Waals surface area contributed by atoms with Crippen molar-refractivity contribution in [1.82, 2.24) is 0 Å². The number of hydrogen-bond donors (Lipinski definition) is 1. The predicted molar refractivity (Wildman–Crippen MR) is 73.5 cm³/mol. The third kappa shape index (κ3) is 3.23. The van der Waals surface area contributed by atoms with E-state index in [1.165, 1.54) is 0 Å². The van der Waals surface area contributed by atoms with E-state index < -0.39 is 11.4 Å². The Balaban J connectivity index is 3.05. The molecule has 0 atom stereocenters. The molecule has 4 heteroatoms. The van der Waals surface area contributed by atoms with Crippen LogP contribution in [-0.4, -0.2) is 11.1 Å². The second-order valence-corrected chi connectivity index (χ2v) is 5.53. The van der Waals surface area contributed by atoms with E-state index in [2.05, 4.69) is 15.9 Å². The average Bonchev–Trinajstić information content (AvgIpc) is 2.28. The lowest BCUT2D eigenvalue weighted by molar-refractivity contribution is -0.149. The van der Waals surface area contributed by atoms with Crippen molar-refractivity contribution < 1.29 is 9.90 Å². The van der Waals surface area contributed by atoms with Gasteiger partial charge in [-0.05, 0) is 37.0 Å². The van der Waals surface area contributed by atoms with E-state index >= 15 is 0 Å². The van der Waals surface area contributed by atoms with Gasteiger partial charge in [0.05, 0.1) is 5.41 Å². The Hall–Kier alpha value is -0.540. The minimum absolute atomic E-state index is 0.474. The highest BCUT2D eigenvalue weighted by atomic mass is 79.9. The molecular formula is C13H16BrClO2. The molecule has 0 saturated carbocycles. The molecule has 0 heterocycles. The third-order valence-corrected chi connectivity index (χ3v) is 4.20. The Kier molecular flexibility index (Phi) is 5.02. The van der Waals surface area contributed by atoms with E-state index in [0.29, 0.717) is 24.3 Å². The predicted octanol–water partition coefficient (Wildman–Crippen LogP) is 4.54. The molecule has 0 amide bonds. The number of carboxylic acids is 1. The molecule has 1 aromatic rings. The van der Waals surface area contributed by atoms with Crippen molar-refractivity contribution in [2.45, 2.75) is 33.1 Å². The van der Waals surface area contributed by atoms with Gasteiger partial charge in [0.15, 0.2) is 0 Å². The molecule has 94 valence electrons. The van der Waals surface area contributed by atoms with E-state index in [0.717, 1.165) is 10.0 Å². The fourth-order valence-corrected chi connectivity index (χ4v) is 2.65. The minimum atomic E-state index is -0.749. The number of carbonyl (C=O) groups is 1. The highest BCUT2D eigenvalue weighted by molar-refractivity contribution is 9.10. The van der Waals surface area contributed by atoms with Crippen LogP contribution >= 0.6 is 27.5 Å². The highest BCUT2D eigenvalue weighted by Gasteiger charge is 2.35. The lowest BCUT2D eigenvalue weighted by Gasteiger charge is -2.27. The summed E-state index contributed by atoms with van der Waals surface area (Å²) in [4.78, 5) is 11.4. The zero-order valence-corrected chi connectivity index (χ0v) is 12.3. The van der Waals surface area contributed by atoms with E-state index in [4.69, 9.17) is 11.6 Å². The second kappa shape index (κ2) is 5.87. The second-order valence-electron chi connectivity index (χ2n) is 4.21. The van der Waals surface area contributed by atoms with Crippen LogP contribution in [0.15, 0.2) is 22.7 Å². The monoisotopic (exact) mass is 318 g/mol. The van der Waals surface area contributed by atoms with Crippen LogP contribution in [0.4, 0.5) is 0 Å². The zero-order valence-electron chi connectivity index (χ0n) is 9.96. The molecule has 0 aliphatic heterocycles. The summed E-state index contributed by atoms with van der Waals surface area (Å²) in [6, 6.07) is 5.57. The van der Waals surface area contributed by atoms with Gasteiger partial charge in [0, 0.05) is 9.50 Å². The third-order valence-electron chi connectivity index (χ3n) is 3.35. The molecule has 0 aliphatic carbocycles. The molecule has 1 rings (SSSR count). The van der Waals surface area contributed by atoms with E-state index in [1.54, 1.807) is 6.07 Å². The summed E-state index contributed by atoms with van der Waals surface area (Å²) in [5, 5.41) is 10.00. The van der Waals surface area contributed by atoms with Crippen molar-refractivity contribution >= 4 is 33.5 Å². The summed E-state index contributed by atoms with van der Waals surface area (Å²) in [7, 11) is 0. The molecule has 0 unspecified atom stereocenters. The molecule has 17 heavy (non-hydrogen) atoms. The van der Waals surface area contributed by atoms with E-state index in [-0.39, 0.29) is 0 Å². The van der Waals surface area contributed by atoms with Gasteiger partial charge in [0.2, 0.25) is 0 Å². The SMILES string of the molecule is CCC(CC)(Cc1ccc(Br)cc1Cl)C(=O)O. The topological polar surface area (TPSA) is 37.3 Å². The van der Waals surface area contributed by atoms with Gasteiger partial charge in [-0.3, -0.25) is 4.79 Å². The average molecular weight is 320 g/mol. The number of benzene rings is 1. The quantitative estimate of drug-likeness (QED) is 0.865. The standard InChI is InChI=1S/C13H16BrClO2/c1-3-13(4-2,12(16)17)8-9-5-6-10(14)7-11(9)15/h5-7H,3-4,8H2,1-2H3,(H,16,17). The Morgan fingerprint density at radius 3 is 2.41 bits per heavy atom. The number of rotatable bonds is 5. The summed E-state index contributed by atoms with van der Waals surface area (Å²) >= 11 is 9.47. The zero-order chi connectivity index (χ0) is 13.1. The molecular weight excluding hydrogens is 303 g/mol. The minimum Gasteiger partial charge on any atom is -0.481 e. The van der Waals surface area contributed by atoms with Crippen molar-refractivity contribution in [3.05, 3.63) is 33.3 Å². The summed E-state index contributed by atoms with van der Waals surface area (Å²) in [6.45, 7) is 3.81. The molecule has 0 fully saturated rings. The van der Waals surface area contributed by atoms with Crippen molar-refractivity contribution in [2.24, 2.45) is 5.41 Å². The van der Waals surface area contributed by atoms with Crippen LogP contribution in [0.25, 0.3) is 0 Å². The molecule has 2 nitrogen and oxygen atoms in total. The lowest BCUT2D eigenvalue weighted by Crippen LogP contribution is -2.32. The maximum atomic E-state index is 11.4. The maximum Gasteiger partial charge on any atom is 0.309 e. The van der Waals surface area contributed by atoms with Crippen molar-refractivity contribution in [1.29, 1.82) is 0 Å². The summed E-state index contributed by atoms with van der Waals surface area (Å²) in [6.07, 6.45) is 1.68. The summed E-state index contributed by atoms with van der Waals surface area (Å²) in [5.74, 6) is -0.749. The molecule has 0 aromatic heterocycles. The first-order valence-electron chi connectivity index (χ1n) is 5.62. The van der Waals surface area contributed by atoms with Crippen LogP contribution in [0, 0.1) is 5.41 Å². The number of halogens is 2. The van der Waals surface area contributed by atoms with Gasteiger partial charge in [-0.25, -0.2) is 0 Å². The van der Waals surface area contributed by atoms with Gasteiger partial charge in [0.1, 0.15) is 0 Å². The van der Waals surface area contributed by atoms with Crippen molar-refractivity contribution in [3.8, 4) is 0 Å². The highest BCUT2D eigenvalue weighted by Crippen LogP contribution is 2.34. The molecule has 0 spiro atoms. The Labute approximate surface area is 115 Å². The lowest BCUT2D eigenvalue weighted by atomic mass is 9.77. The molecule has 0 bridgehead atoms.